The highest BCUT2D eigenvalue weighted by atomic mass is 16.6. The van der Waals surface area contributed by atoms with Gasteiger partial charge in [0.15, 0.2) is 0 Å². The third-order valence-electron chi connectivity index (χ3n) is 7.95. The van der Waals surface area contributed by atoms with E-state index in [1.54, 1.807) is 23.6 Å². The number of hydrogen-bond donors (Lipinski definition) is 1. The van der Waals surface area contributed by atoms with Crippen LogP contribution in [0.25, 0.3) is 0 Å². The van der Waals surface area contributed by atoms with Gasteiger partial charge in [0.2, 0.25) is 0 Å². The number of amides is 2. The van der Waals surface area contributed by atoms with Crippen molar-refractivity contribution in [2.75, 3.05) is 52.6 Å². The van der Waals surface area contributed by atoms with Crippen LogP contribution >= 0.6 is 0 Å². The molecule has 0 spiro atoms. The molecule has 0 saturated carbocycles. The molecule has 0 radical (unpaired) electrons. The van der Waals surface area contributed by atoms with Crippen LogP contribution in [0.15, 0.2) is 30.3 Å². The molecule has 2 fully saturated rings. The van der Waals surface area contributed by atoms with Gasteiger partial charge < -0.3 is 38.6 Å². The van der Waals surface area contributed by atoms with E-state index in [9.17, 15) is 24.3 Å². The molecule has 2 saturated heterocycles. The predicted molar refractivity (Wildman–Crippen MR) is 175 cm³/mol. The van der Waals surface area contributed by atoms with Crippen molar-refractivity contribution >= 4 is 24.1 Å². The van der Waals surface area contributed by atoms with Crippen LogP contribution in [0.5, 0.6) is 0 Å². The van der Waals surface area contributed by atoms with Gasteiger partial charge in [-0.25, -0.2) is 9.59 Å². The van der Waals surface area contributed by atoms with Crippen LogP contribution in [0.1, 0.15) is 86.6 Å². The number of carbonyl (C=O) groups excluding carboxylic acids is 4. The molecular weight excluding hydrogens is 608 g/mol. The molecular formula is C35H56N2O10. The summed E-state index contributed by atoms with van der Waals surface area (Å²) < 4.78 is 26.9. The van der Waals surface area contributed by atoms with Crippen molar-refractivity contribution in [3.8, 4) is 0 Å². The second kappa shape index (κ2) is 17.7. The minimum absolute atomic E-state index is 0.248. The Bertz CT molecular complexity index is 1140. The summed E-state index contributed by atoms with van der Waals surface area (Å²) in [6.07, 6.45) is 1.06. The lowest BCUT2D eigenvalue weighted by atomic mass is 9.79. The number of piperidine rings is 2. The van der Waals surface area contributed by atoms with Gasteiger partial charge in [0.1, 0.15) is 11.2 Å². The van der Waals surface area contributed by atoms with Crippen LogP contribution in [-0.2, 0) is 39.9 Å². The minimum Gasteiger partial charge on any atom is -0.465 e. The first-order chi connectivity index (χ1) is 22.0. The van der Waals surface area contributed by atoms with Crippen molar-refractivity contribution in [1.29, 1.82) is 0 Å². The lowest BCUT2D eigenvalue weighted by molar-refractivity contribution is -0.164. The van der Waals surface area contributed by atoms with Gasteiger partial charge in [-0.1, -0.05) is 30.3 Å². The molecule has 1 aromatic carbocycles. The highest BCUT2D eigenvalue weighted by Gasteiger charge is 2.45. The number of carbonyl (C=O) groups is 4. The van der Waals surface area contributed by atoms with E-state index >= 15 is 0 Å². The van der Waals surface area contributed by atoms with Crippen molar-refractivity contribution in [2.45, 2.75) is 98.9 Å². The number of ether oxygens (including phenoxy) is 5. The van der Waals surface area contributed by atoms with E-state index in [1.807, 2.05) is 71.9 Å². The number of likely N-dealkylation sites (tertiary alicyclic amines) is 2. The average Bonchev–Trinajstić information content (AvgIpc) is 3.01. The van der Waals surface area contributed by atoms with Gasteiger partial charge >= 0.3 is 24.1 Å². The molecule has 1 N–H and O–H groups in total. The summed E-state index contributed by atoms with van der Waals surface area (Å²) in [6.45, 7) is 17.2. The van der Waals surface area contributed by atoms with Gasteiger partial charge in [-0.05, 0) is 86.6 Å². The summed E-state index contributed by atoms with van der Waals surface area (Å²) in [6, 6.07) is 9.85. The third kappa shape index (κ3) is 12.6. The Morgan fingerprint density at radius 3 is 1.49 bits per heavy atom. The van der Waals surface area contributed by atoms with Crippen LogP contribution in [0.3, 0.4) is 0 Å². The van der Waals surface area contributed by atoms with Crippen LogP contribution in [0, 0.1) is 10.8 Å². The van der Waals surface area contributed by atoms with Crippen LogP contribution in [-0.4, -0.2) is 103 Å². The van der Waals surface area contributed by atoms with Gasteiger partial charge in [0.25, 0.3) is 0 Å². The topological polar surface area (TPSA) is 141 Å². The molecule has 12 heteroatoms. The number of benzene rings is 1. The first kappa shape index (κ1) is 39.8. The quantitative estimate of drug-likeness (QED) is 0.272. The summed E-state index contributed by atoms with van der Waals surface area (Å²) in [5.41, 5.74) is -1.62. The van der Waals surface area contributed by atoms with E-state index in [2.05, 4.69) is 0 Å². The van der Waals surface area contributed by atoms with E-state index < -0.39 is 22.0 Å². The molecule has 0 aromatic heterocycles. The molecule has 0 bridgehead atoms. The number of esters is 2. The molecule has 2 aliphatic rings. The molecule has 2 amide bonds. The molecule has 3 rings (SSSR count). The predicted octanol–water partition coefficient (Wildman–Crippen LogP) is 5.34. The fourth-order valence-corrected chi connectivity index (χ4v) is 5.23. The van der Waals surface area contributed by atoms with Crippen molar-refractivity contribution in [3.63, 3.8) is 0 Å². The second-order valence-electron chi connectivity index (χ2n) is 14.1. The van der Waals surface area contributed by atoms with Gasteiger partial charge in [-0.3, -0.25) is 9.59 Å². The van der Waals surface area contributed by atoms with Crippen molar-refractivity contribution < 1.29 is 48.0 Å². The molecule has 0 aliphatic carbocycles. The van der Waals surface area contributed by atoms with Crippen molar-refractivity contribution in [3.05, 3.63) is 35.9 Å². The Labute approximate surface area is 280 Å². The Balaban J connectivity index is 0.000000343. The molecule has 266 valence electrons. The van der Waals surface area contributed by atoms with Crippen LogP contribution < -0.4 is 0 Å². The Morgan fingerprint density at radius 2 is 1.11 bits per heavy atom. The summed E-state index contributed by atoms with van der Waals surface area (Å²) in [7, 11) is 0. The summed E-state index contributed by atoms with van der Waals surface area (Å²) in [4.78, 5) is 52.0. The maximum absolute atomic E-state index is 12.6. The summed E-state index contributed by atoms with van der Waals surface area (Å²) in [5, 5.41) is 9.51. The average molecular weight is 665 g/mol. The smallest absolute Gasteiger partial charge is 0.410 e. The number of nitrogens with zero attached hydrogens (tertiary/aromatic N) is 2. The zero-order valence-electron chi connectivity index (χ0n) is 29.6. The first-order valence-corrected chi connectivity index (χ1v) is 16.5. The van der Waals surface area contributed by atoms with Gasteiger partial charge in [-0.2, -0.15) is 0 Å². The van der Waals surface area contributed by atoms with E-state index in [4.69, 9.17) is 23.7 Å². The first-order valence-electron chi connectivity index (χ1n) is 16.5. The maximum atomic E-state index is 12.6. The zero-order valence-corrected chi connectivity index (χ0v) is 29.6. The van der Waals surface area contributed by atoms with E-state index in [0.717, 1.165) is 5.56 Å². The lowest BCUT2D eigenvalue weighted by Crippen LogP contribution is -2.50. The third-order valence-corrected chi connectivity index (χ3v) is 7.95. The Hall–Kier alpha value is -3.38. The van der Waals surface area contributed by atoms with Gasteiger partial charge in [0, 0.05) is 26.2 Å². The standard InChI is InChI=1S/C21H31NO5.C14H25NO5/c1-5-26-18(23)21(16-25-15-17-9-7-6-8-10-17)11-13-22(14-12-21)19(24)27-20(2,3)4;1-5-19-11(17)14(10-16)6-8-15(9-7-14)12(18)20-13(2,3)4/h6-10H,5,11-16H2,1-4H3;16H,5-10H2,1-4H3. The molecule has 2 heterocycles. The Morgan fingerprint density at radius 1 is 0.702 bits per heavy atom. The molecule has 12 nitrogen and oxygen atoms in total. The molecule has 1 aromatic rings. The molecule has 47 heavy (non-hydrogen) atoms. The molecule has 0 atom stereocenters. The fraction of sp³-hybridized carbons (Fsp3) is 0.714. The lowest BCUT2D eigenvalue weighted by Gasteiger charge is -2.39. The van der Waals surface area contributed by atoms with Crippen LogP contribution in [0.2, 0.25) is 0 Å². The monoisotopic (exact) mass is 664 g/mol. The number of aliphatic hydroxyl groups excluding tert-OH is 1. The Kier molecular flexibility index (Phi) is 15.0. The second-order valence-corrected chi connectivity index (χ2v) is 14.1. The van der Waals surface area contributed by atoms with Crippen LogP contribution in [0.4, 0.5) is 9.59 Å². The van der Waals surface area contributed by atoms with Crippen molar-refractivity contribution in [1.82, 2.24) is 9.80 Å². The minimum atomic E-state index is -0.880. The molecule has 2 aliphatic heterocycles. The highest BCUT2D eigenvalue weighted by molar-refractivity contribution is 5.78. The maximum Gasteiger partial charge on any atom is 0.410 e. The van der Waals surface area contributed by atoms with E-state index in [0.29, 0.717) is 65.1 Å². The number of hydrogen-bond acceptors (Lipinski definition) is 10. The highest BCUT2D eigenvalue weighted by Crippen LogP contribution is 2.35. The number of aliphatic hydroxyl groups is 1. The van der Waals surface area contributed by atoms with Crippen molar-refractivity contribution in [2.24, 2.45) is 10.8 Å². The SMILES string of the molecule is CCOC(=O)C1(CO)CCN(C(=O)OC(C)(C)C)CC1.CCOC(=O)C1(COCc2ccccc2)CCN(C(=O)OC(C)(C)C)CC1. The number of rotatable bonds is 9. The van der Waals surface area contributed by atoms with Gasteiger partial charge in [-0.15, -0.1) is 0 Å². The molecule has 0 unspecified atom stereocenters. The van der Waals surface area contributed by atoms with E-state index in [-0.39, 0.29) is 43.9 Å². The largest absolute Gasteiger partial charge is 0.465 e. The summed E-state index contributed by atoms with van der Waals surface area (Å²) in [5.74, 6) is -0.631. The van der Waals surface area contributed by atoms with Gasteiger partial charge in [0.05, 0.1) is 43.9 Å². The van der Waals surface area contributed by atoms with E-state index in [1.165, 1.54) is 0 Å². The fourth-order valence-electron chi connectivity index (χ4n) is 5.23. The summed E-state index contributed by atoms with van der Waals surface area (Å²) >= 11 is 0. The normalized spacial score (nSPS) is 17.5. The zero-order chi connectivity index (χ0) is 35.3.